The van der Waals surface area contributed by atoms with E-state index in [2.05, 4.69) is 58.4 Å². The number of amides is 2. The van der Waals surface area contributed by atoms with Crippen LogP contribution < -0.4 is 5.32 Å². The zero-order chi connectivity index (χ0) is 22.9. The standard InChI is InChI=1S/C26H23Br2N3O2/c27-11-5-13-30-15-19(17-7-1-3-9-21(17)30)23-24(26(33)29-25(23)32)20-16-31(14-6-12-28)22-10-4-2-8-18(20)22/h1-4,7-10,15-16H,5-6,11-14H2,(H,29,32,33). The number of rotatable bonds is 8. The van der Waals surface area contributed by atoms with Crippen LogP contribution >= 0.6 is 31.9 Å². The molecule has 0 saturated heterocycles. The van der Waals surface area contributed by atoms with Crippen molar-refractivity contribution in [2.24, 2.45) is 0 Å². The highest BCUT2D eigenvalue weighted by Crippen LogP contribution is 2.39. The van der Waals surface area contributed by atoms with Gasteiger partial charge in [0.05, 0.1) is 11.1 Å². The molecule has 5 rings (SSSR count). The van der Waals surface area contributed by atoms with Crippen molar-refractivity contribution in [3.63, 3.8) is 0 Å². The lowest BCUT2D eigenvalue weighted by molar-refractivity contribution is -0.122. The fourth-order valence-corrected chi connectivity index (χ4v) is 5.19. The molecule has 0 aliphatic carbocycles. The van der Waals surface area contributed by atoms with Gasteiger partial charge < -0.3 is 9.13 Å². The molecule has 0 fully saturated rings. The molecule has 2 aromatic heterocycles. The van der Waals surface area contributed by atoms with E-state index in [9.17, 15) is 9.59 Å². The van der Waals surface area contributed by atoms with Crippen LogP contribution in [0.4, 0.5) is 0 Å². The van der Waals surface area contributed by atoms with Gasteiger partial charge in [-0.1, -0.05) is 68.3 Å². The van der Waals surface area contributed by atoms with Crippen molar-refractivity contribution in [1.29, 1.82) is 0 Å². The second-order valence-electron chi connectivity index (χ2n) is 8.12. The maximum Gasteiger partial charge on any atom is 0.259 e. The molecule has 1 aliphatic heterocycles. The number of hydrogen-bond acceptors (Lipinski definition) is 2. The summed E-state index contributed by atoms with van der Waals surface area (Å²) in [6.45, 7) is 1.66. The Morgan fingerprint density at radius 2 is 1.09 bits per heavy atom. The van der Waals surface area contributed by atoms with E-state index in [0.29, 0.717) is 11.1 Å². The summed E-state index contributed by atoms with van der Waals surface area (Å²) >= 11 is 7.02. The second-order valence-corrected chi connectivity index (χ2v) is 9.71. The Hall–Kier alpha value is -2.64. The van der Waals surface area contributed by atoms with Gasteiger partial charge in [-0.3, -0.25) is 14.9 Å². The molecule has 1 aliphatic rings. The van der Waals surface area contributed by atoms with Crippen LogP contribution in [0.5, 0.6) is 0 Å². The van der Waals surface area contributed by atoms with Gasteiger partial charge in [0, 0.05) is 69.1 Å². The quantitative estimate of drug-likeness (QED) is 0.218. The molecule has 7 heteroatoms. The molecule has 0 spiro atoms. The van der Waals surface area contributed by atoms with Crippen molar-refractivity contribution in [2.75, 3.05) is 10.7 Å². The molecule has 0 radical (unpaired) electrons. The SMILES string of the molecule is O=C1NC(=O)C(c2cn(CCCBr)c3ccccc23)=C1c1cn(CCCBr)c2ccccc12. The van der Waals surface area contributed by atoms with Crippen molar-refractivity contribution < 1.29 is 9.59 Å². The number of aromatic nitrogens is 2. The number of halogens is 2. The van der Waals surface area contributed by atoms with Gasteiger partial charge in [-0.2, -0.15) is 0 Å². The molecule has 0 atom stereocenters. The van der Waals surface area contributed by atoms with Gasteiger partial charge in [-0.05, 0) is 25.0 Å². The summed E-state index contributed by atoms with van der Waals surface area (Å²) in [4.78, 5) is 26.3. The third-order valence-electron chi connectivity index (χ3n) is 6.11. The first-order valence-electron chi connectivity index (χ1n) is 11.0. The molecule has 0 saturated carbocycles. The fourth-order valence-electron chi connectivity index (χ4n) is 4.69. The summed E-state index contributed by atoms with van der Waals surface area (Å²) in [5, 5.41) is 6.32. The van der Waals surface area contributed by atoms with E-state index >= 15 is 0 Å². The maximum absolute atomic E-state index is 13.1. The van der Waals surface area contributed by atoms with Crippen LogP contribution in [-0.2, 0) is 22.7 Å². The van der Waals surface area contributed by atoms with Crippen molar-refractivity contribution in [2.45, 2.75) is 25.9 Å². The second kappa shape index (κ2) is 9.31. The van der Waals surface area contributed by atoms with Crippen molar-refractivity contribution in [3.8, 4) is 0 Å². The number of aryl methyl sites for hydroxylation is 2. The molecule has 3 heterocycles. The van der Waals surface area contributed by atoms with E-state index in [0.717, 1.165) is 69.5 Å². The van der Waals surface area contributed by atoms with Gasteiger partial charge in [-0.25, -0.2) is 0 Å². The van der Waals surface area contributed by atoms with Gasteiger partial charge in [0.2, 0.25) is 0 Å². The number of nitrogens with one attached hydrogen (secondary N) is 1. The van der Waals surface area contributed by atoms with Gasteiger partial charge >= 0.3 is 0 Å². The van der Waals surface area contributed by atoms with Crippen LogP contribution in [0.1, 0.15) is 24.0 Å². The zero-order valence-corrected chi connectivity index (χ0v) is 21.2. The van der Waals surface area contributed by atoms with Gasteiger partial charge in [0.15, 0.2) is 0 Å². The Kier molecular flexibility index (Phi) is 6.25. The topological polar surface area (TPSA) is 56.0 Å². The van der Waals surface area contributed by atoms with E-state index < -0.39 is 0 Å². The average molecular weight is 569 g/mol. The first-order valence-corrected chi connectivity index (χ1v) is 13.3. The van der Waals surface area contributed by atoms with Crippen LogP contribution in [0, 0.1) is 0 Å². The lowest BCUT2D eigenvalue weighted by atomic mass is 9.95. The molecule has 0 bridgehead atoms. The smallest absolute Gasteiger partial charge is 0.259 e. The number of benzene rings is 2. The third-order valence-corrected chi connectivity index (χ3v) is 7.23. The summed E-state index contributed by atoms with van der Waals surface area (Å²) in [6.07, 6.45) is 5.97. The lowest BCUT2D eigenvalue weighted by Crippen LogP contribution is -2.22. The van der Waals surface area contributed by atoms with Crippen LogP contribution in [-0.4, -0.2) is 31.6 Å². The molecule has 5 nitrogen and oxygen atoms in total. The molecular formula is C26H23Br2N3O2. The maximum atomic E-state index is 13.1. The highest BCUT2D eigenvalue weighted by Gasteiger charge is 2.35. The Balaban J connectivity index is 1.76. The number of fused-ring (bicyclic) bond motifs is 2. The summed E-state index contributed by atoms with van der Waals surface area (Å²) in [7, 11) is 0. The number of imide groups is 1. The number of nitrogens with zero attached hydrogens (tertiary/aromatic N) is 2. The summed E-state index contributed by atoms with van der Waals surface area (Å²) in [5.74, 6) is -0.675. The van der Waals surface area contributed by atoms with Crippen LogP contribution in [0.2, 0.25) is 0 Å². The third kappa shape index (κ3) is 3.87. The van der Waals surface area contributed by atoms with Crippen molar-refractivity contribution in [3.05, 3.63) is 72.1 Å². The number of alkyl halides is 2. The Morgan fingerprint density at radius 3 is 1.52 bits per heavy atom. The van der Waals surface area contributed by atoms with E-state index in [1.54, 1.807) is 0 Å². The molecule has 33 heavy (non-hydrogen) atoms. The number of carbonyl (C=O) groups is 2. The van der Waals surface area contributed by atoms with Crippen molar-refractivity contribution >= 4 is 76.6 Å². The molecule has 1 N–H and O–H groups in total. The largest absolute Gasteiger partial charge is 0.347 e. The molecule has 2 aromatic carbocycles. The summed E-state index contributed by atoms with van der Waals surface area (Å²) in [5.41, 5.74) is 4.64. The Bertz CT molecular complexity index is 1310. The summed E-state index contributed by atoms with van der Waals surface area (Å²) in [6, 6.07) is 16.1. The molecule has 168 valence electrons. The van der Waals surface area contributed by atoms with Crippen LogP contribution in [0.3, 0.4) is 0 Å². The first kappa shape index (κ1) is 22.2. The molecular weight excluding hydrogens is 546 g/mol. The van der Waals surface area contributed by atoms with Gasteiger partial charge in [-0.15, -0.1) is 0 Å². The molecule has 4 aromatic rings. The minimum atomic E-state index is -0.337. The summed E-state index contributed by atoms with van der Waals surface area (Å²) < 4.78 is 4.35. The predicted molar refractivity (Wildman–Crippen MR) is 141 cm³/mol. The minimum absolute atomic E-state index is 0.337. The minimum Gasteiger partial charge on any atom is -0.347 e. The number of para-hydroxylation sites is 2. The van der Waals surface area contributed by atoms with E-state index in [-0.39, 0.29) is 11.8 Å². The van der Waals surface area contributed by atoms with Gasteiger partial charge in [0.1, 0.15) is 0 Å². The van der Waals surface area contributed by atoms with E-state index in [1.165, 1.54) is 0 Å². The number of hydrogen-bond donors (Lipinski definition) is 1. The number of carbonyl (C=O) groups excluding carboxylic acids is 2. The van der Waals surface area contributed by atoms with Gasteiger partial charge in [0.25, 0.3) is 11.8 Å². The highest BCUT2D eigenvalue weighted by atomic mass is 79.9. The fraction of sp³-hybridized carbons (Fsp3) is 0.231. The van der Waals surface area contributed by atoms with Crippen molar-refractivity contribution in [1.82, 2.24) is 14.5 Å². The predicted octanol–water partition coefficient (Wildman–Crippen LogP) is 5.73. The first-order chi connectivity index (χ1) is 16.1. The zero-order valence-electron chi connectivity index (χ0n) is 18.0. The normalized spacial score (nSPS) is 14.1. The molecule has 0 unspecified atom stereocenters. The van der Waals surface area contributed by atoms with Crippen LogP contribution in [0.15, 0.2) is 60.9 Å². The Labute approximate surface area is 208 Å². The monoisotopic (exact) mass is 567 g/mol. The molecule has 2 amide bonds. The lowest BCUT2D eigenvalue weighted by Gasteiger charge is -2.03. The Morgan fingerprint density at radius 1 is 0.667 bits per heavy atom. The van der Waals surface area contributed by atoms with E-state index in [4.69, 9.17) is 0 Å². The average Bonchev–Trinajstić information content (AvgIpc) is 3.47. The van der Waals surface area contributed by atoms with Crippen LogP contribution in [0.25, 0.3) is 33.0 Å². The highest BCUT2D eigenvalue weighted by molar-refractivity contribution is 9.09. The van der Waals surface area contributed by atoms with E-state index in [1.807, 2.05) is 48.8 Å².